The molecule has 1 aliphatic heterocycles. The quantitative estimate of drug-likeness (QED) is 0.791. The van der Waals surface area contributed by atoms with E-state index in [2.05, 4.69) is 0 Å². The molecule has 0 saturated heterocycles. The van der Waals surface area contributed by atoms with Crippen LogP contribution in [0.1, 0.15) is 6.42 Å². The lowest BCUT2D eigenvalue weighted by Gasteiger charge is -2.09. The van der Waals surface area contributed by atoms with Crippen LogP contribution in [0.15, 0.2) is 23.1 Å². The third kappa shape index (κ3) is 2.84. The molecule has 0 aromatic heterocycles. The highest BCUT2D eigenvalue weighted by molar-refractivity contribution is 7.91. The summed E-state index contributed by atoms with van der Waals surface area (Å²) in [6.45, 7) is 1.12. The first-order valence-corrected chi connectivity index (χ1v) is 7.50. The summed E-state index contributed by atoms with van der Waals surface area (Å²) in [6, 6.07) is 4.65. The molecule has 1 heterocycles. The van der Waals surface area contributed by atoms with E-state index in [1.807, 2.05) is 0 Å². The fourth-order valence-electron chi connectivity index (χ4n) is 1.56. The molecule has 0 amide bonds. The van der Waals surface area contributed by atoms with Crippen molar-refractivity contribution in [1.29, 1.82) is 0 Å². The van der Waals surface area contributed by atoms with Crippen LogP contribution in [-0.4, -0.2) is 33.3 Å². The van der Waals surface area contributed by atoms with E-state index in [1.165, 1.54) is 12.1 Å². The molecular formula is C11H13ClO4S. The van der Waals surface area contributed by atoms with Crippen LogP contribution in [0.4, 0.5) is 0 Å². The van der Waals surface area contributed by atoms with Crippen molar-refractivity contribution in [2.75, 3.05) is 24.8 Å². The normalized spacial score (nSPS) is 15.4. The van der Waals surface area contributed by atoms with E-state index in [-0.39, 0.29) is 16.5 Å². The van der Waals surface area contributed by atoms with E-state index in [0.29, 0.717) is 24.7 Å². The molecule has 1 aromatic rings. The SMILES string of the molecule is O=S(=O)(CCCl)c1ccc2c(c1)OCCCO2. The van der Waals surface area contributed by atoms with Crippen LogP contribution >= 0.6 is 11.6 Å². The van der Waals surface area contributed by atoms with E-state index in [0.717, 1.165) is 6.42 Å². The third-order valence-electron chi connectivity index (χ3n) is 2.42. The summed E-state index contributed by atoms with van der Waals surface area (Å²) in [5.74, 6) is 1.08. The summed E-state index contributed by atoms with van der Waals surface area (Å²) >= 11 is 5.47. The number of hydrogen-bond acceptors (Lipinski definition) is 4. The Balaban J connectivity index is 2.36. The van der Waals surface area contributed by atoms with E-state index >= 15 is 0 Å². The lowest BCUT2D eigenvalue weighted by atomic mass is 10.3. The van der Waals surface area contributed by atoms with Gasteiger partial charge in [-0.15, -0.1) is 11.6 Å². The number of alkyl halides is 1. The Labute approximate surface area is 105 Å². The lowest BCUT2D eigenvalue weighted by Crippen LogP contribution is -2.08. The largest absolute Gasteiger partial charge is 0.490 e. The predicted octanol–water partition coefficient (Wildman–Crippen LogP) is 1.86. The van der Waals surface area contributed by atoms with Gasteiger partial charge in [-0.3, -0.25) is 0 Å². The Kier molecular flexibility index (Phi) is 3.79. The molecular weight excluding hydrogens is 264 g/mol. The smallest absolute Gasteiger partial charge is 0.179 e. The highest BCUT2D eigenvalue weighted by Gasteiger charge is 2.18. The van der Waals surface area contributed by atoms with Gasteiger partial charge >= 0.3 is 0 Å². The lowest BCUT2D eigenvalue weighted by molar-refractivity contribution is 0.297. The van der Waals surface area contributed by atoms with E-state index < -0.39 is 9.84 Å². The maximum atomic E-state index is 11.8. The highest BCUT2D eigenvalue weighted by atomic mass is 35.5. The highest BCUT2D eigenvalue weighted by Crippen LogP contribution is 2.32. The second-order valence-corrected chi connectivity index (χ2v) is 6.15. The van der Waals surface area contributed by atoms with Gasteiger partial charge in [0.2, 0.25) is 0 Å². The molecule has 0 aliphatic carbocycles. The first-order chi connectivity index (χ1) is 8.13. The van der Waals surface area contributed by atoms with Crippen molar-refractivity contribution in [3.63, 3.8) is 0 Å². The second-order valence-electron chi connectivity index (χ2n) is 3.67. The molecule has 0 unspecified atom stereocenters. The monoisotopic (exact) mass is 276 g/mol. The molecule has 1 aliphatic rings. The van der Waals surface area contributed by atoms with Crippen molar-refractivity contribution in [3.8, 4) is 11.5 Å². The second kappa shape index (κ2) is 5.14. The first-order valence-electron chi connectivity index (χ1n) is 5.32. The van der Waals surface area contributed by atoms with Crippen LogP contribution in [0.25, 0.3) is 0 Å². The summed E-state index contributed by atoms with van der Waals surface area (Å²) in [5, 5.41) is 0. The molecule has 0 saturated carbocycles. The van der Waals surface area contributed by atoms with Crippen LogP contribution in [0.3, 0.4) is 0 Å². The average molecular weight is 277 g/mol. The topological polar surface area (TPSA) is 52.6 Å². The fourth-order valence-corrected chi connectivity index (χ4v) is 3.17. The minimum absolute atomic E-state index is 0.0752. The minimum atomic E-state index is -3.32. The molecule has 2 rings (SSSR count). The number of fused-ring (bicyclic) bond motifs is 1. The molecule has 0 spiro atoms. The van der Waals surface area contributed by atoms with Gasteiger partial charge in [-0.2, -0.15) is 0 Å². The van der Waals surface area contributed by atoms with Crippen LogP contribution < -0.4 is 9.47 Å². The Bertz CT molecular complexity index is 498. The number of benzene rings is 1. The van der Waals surface area contributed by atoms with Gasteiger partial charge in [0, 0.05) is 18.4 Å². The third-order valence-corrected chi connectivity index (χ3v) is 4.55. The molecule has 0 atom stereocenters. The molecule has 4 nitrogen and oxygen atoms in total. The zero-order chi connectivity index (χ0) is 12.3. The van der Waals surface area contributed by atoms with E-state index in [4.69, 9.17) is 21.1 Å². The molecule has 94 valence electrons. The predicted molar refractivity (Wildman–Crippen MR) is 64.8 cm³/mol. The number of halogens is 1. The maximum Gasteiger partial charge on any atom is 0.179 e. The summed E-state index contributed by atoms with van der Waals surface area (Å²) in [7, 11) is -3.32. The molecule has 0 bridgehead atoms. The number of sulfone groups is 1. The molecule has 0 radical (unpaired) electrons. The van der Waals surface area contributed by atoms with Gasteiger partial charge in [0.05, 0.1) is 23.9 Å². The maximum absolute atomic E-state index is 11.8. The molecule has 6 heteroatoms. The number of rotatable bonds is 3. The van der Waals surface area contributed by atoms with Crippen LogP contribution in [0.2, 0.25) is 0 Å². The summed E-state index contributed by atoms with van der Waals surface area (Å²) < 4.78 is 34.5. The van der Waals surface area contributed by atoms with E-state index in [9.17, 15) is 8.42 Å². The van der Waals surface area contributed by atoms with Gasteiger partial charge in [0.1, 0.15) is 0 Å². The van der Waals surface area contributed by atoms with Gasteiger partial charge in [-0.1, -0.05) is 0 Å². The number of hydrogen-bond donors (Lipinski definition) is 0. The van der Waals surface area contributed by atoms with Crippen molar-refractivity contribution in [2.45, 2.75) is 11.3 Å². The Morgan fingerprint density at radius 1 is 1.18 bits per heavy atom. The Hall–Kier alpha value is -0.940. The fraction of sp³-hybridized carbons (Fsp3) is 0.455. The van der Waals surface area contributed by atoms with Crippen molar-refractivity contribution in [1.82, 2.24) is 0 Å². The Morgan fingerprint density at radius 2 is 1.88 bits per heavy atom. The van der Waals surface area contributed by atoms with Gasteiger partial charge in [0.15, 0.2) is 21.3 Å². The zero-order valence-electron chi connectivity index (χ0n) is 9.19. The van der Waals surface area contributed by atoms with Gasteiger partial charge < -0.3 is 9.47 Å². The Morgan fingerprint density at radius 3 is 2.59 bits per heavy atom. The first kappa shape index (κ1) is 12.5. The summed E-state index contributed by atoms with van der Waals surface area (Å²) in [6.07, 6.45) is 0.790. The van der Waals surface area contributed by atoms with Crippen LogP contribution in [0, 0.1) is 0 Å². The average Bonchev–Trinajstić information content (AvgIpc) is 2.52. The summed E-state index contributed by atoms with van der Waals surface area (Å²) in [5.41, 5.74) is 0. The van der Waals surface area contributed by atoms with Crippen molar-refractivity contribution < 1.29 is 17.9 Å². The van der Waals surface area contributed by atoms with Gasteiger partial charge in [-0.05, 0) is 12.1 Å². The minimum Gasteiger partial charge on any atom is -0.490 e. The van der Waals surface area contributed by atoms with E-state index in [1.54, 1.807) is 6.07 Å². The standard InChI is InChI=1S/C11H13ClO4S/c12-4-7-17(13,14)9-2-3-10-11(8-9)16-6-1-5-15-10/h2-3,8H,1,4-7H2. The molecule has 1 aromatic carbocycles. The van der Waals surface area contributed by atoms with Gasteiger partial charge in [0.25, 0.3) is 0 Å². The molecule has 17 heavy (non-hydrogen) atoms. The van der Waals surface area contributed by atoms with Crippen LogP contribution in [-0.2, 0) is 9.84 Å². The van der Waals surface area contributed by atoms with Gasteiger partial charge in [-0.25, -0.2) is 8.42 Å². The van der Waals surface area contributed by atoms with Crippen LogP contribution in [0.5, 0.6) is 11.5 Å². The molecule has 0 N–H and O–H groups in total. The zero-order valence-corrected chi connectivity index (χ0v) is 10.8. The van der Waals surface area contributed by atoms with Crippen molar-refractivity contribution in [3.05, 3.63) is 18.2 Å². The summed E-state index contributed by atoms with van der Waals surface area (Å²) in [4.78, 5) is 0.224. The molecule has 0 fully saturated rings. The van der Waals surface area contributed by atoms with Crippen molar-refractivity contribution in [2.24, 2.45) is 0 Å². The van der Waals surface area contributed by atoms with Crippen molar-refractivity contribution >= 4 is 21.4 Å². The number of ether oxygens (including phenoxy) is 2.